The van der Waals surface area contributed by atoms with Crippen molar-refractivity contribution in [2.75, 3.05) is 0 Å². The summed E-state index contributed by atoms with van der Waals surface area (Å²) in [5.41, 5.74) is 7.67. The molecule has 0 aliphatic rings. The van der Waals surface area contributed by atoms with Gasteiger partial charge in [-0.25, -0.2) is 0 Å². The molecule has 2 aromatic heterocycles. The van der Waals surface area contributed by atoms with E-state index in [0.717, 1.165) is 16.5 Å². The zero-order valence-electron chi connectivity index (χ0n) is 10.7. The normalized spacial score (nSPS) is 13.7. The van der Waals surface area contributed by atoms with Gasteiger partial charge >= 0.3 is 6.18 Å². The Bertz CT molecular complexity index is 762. The monoisotopic (exact) mass is 296 g/mol. The molecule has 1 atom stereocenters. The second-order valence-corrected chi connectivity index (χ2v) is 4.62. The van der Waals surface area contributed by atoms with Crippen LogP contribution in [0.4, 0.5) is 13.2 Å². The third-order valence-corrected chi connectivity index (χ3v) is 3.13. The Morgan fingerprint density at radius 3 is 2.76 bits per heavy atom. The lowest BCUT2D eigenvalue weighted by molar-refractivity contribution is -0.146. The molecular formula is C13H11F3N4O. The number of fused-ring (bicyclic) bond motifs is 1. The van der Waals surface area contributed by atoms with E-state index in [9.17, 15) is 13.2 Å². The van der Waals surface area contributed by atoms with Crippen LogP contribution < -0.4 is 5.73 Å². The van der Waals surface area contributed by atoms with Crippen LogP contribution in [0.5, 0.6) is 0 Å². The maximum Gasteiger partial charge on any atom is 0.455 e. The first-order valence-electron chi connectivity index (χ1n) is 6.16. The number of nitrogens with two attached hydrogens (primary N) is 1. The van der Waals surface area contributed by atoms with Crippen molar-refractivity contribution < 1.29 is 17.7 Å². The number of alkyl halides is 3. The Morgan fingerprint density at radius 1 is 1.29 bits per heavy atom. The molecule has 0 spiro atoms. The van der Waals surface area contributed by atoms with Crippen LogP contribution in [0.25, 0.3) is 10.9 Å². The molecule has 0 saturated carbocycles. The first kappa shape index (κ1) is 13.6. The third kappa shape index (κ3) is 2.62. The van der Waals surface area contributed by atoms with Gasteiger partial charge in [0.15, 0.2) is 0 Å². The zero-order chi connectivity index (χ0) is 15.0. The van der Waals surface area contributed by atoms with Crippen molar-refractivity contribution >= 4 is 10.9 Å². The molecule has 0 saturated heterocycles. The van der Waals surface area contributed by atoms with Crippen molar-refractivity contribution in [3.8, 4) is 0 Å². The van der Waals surface area contributed by atoms with E-state index in [0.29, 0.717) is 6.42 Å². The molecular weight excluding hydrogens is 285 g/mol. The van der Waals surface area contributed by atoms with Crippen LogP contribution in [0, 0.1) is 0 Å². The summed E-state index contributed by atoms with van der Waals surface area (Å²) < 4.78 is 41.9. The molecule has 3 N–H and O–H groups in total. The smallest absolute Gasteiger partial charge is 0.361 e. The van der Waals surface area contributed by atoms with E-state index < -0.39 is 18.0 Å². The Morgan fingerprint density at radius 2 is 2.05 bits per heavy atom. The van der Waals surface area contributed by atoms with Gasteiger partial charge in [-0.3, -0.25) is 0 Å². The second-order valence-electron chi connectivity index (χ2n) is 4.62. The van der Waals surface area contributed by atoms with E-state index in [1.807, 2.05) is 24.3 Å². The molecule has 8 heteroatoms. The molecule has 0 amide bonds. The molecule has 0 fully saturated rings. The van der Waals surface area contributed by atoms with Crippen molar-refractivity contribution in [1.29, 1.82) is 0 Å². The number of H-pyrrole nitrogens is 1. The van der Waals surface area contributed by atoms with Crippen molar-refractivity contribution in [1.82, 2.24) is 15.1 Å². The molecule has 110 valence electrons. The number of aromatic amines is 1. The molecule has 5 nitrogen and oxygen atoms in total. The summed E-state index contributed by atoms with van der Waals surface area (Å²) in [6, 6.07) is 6.77. The fourth-order valence-corrected chi connectivity index (χ4v) is 2.13. The zero-order valence-corrected chi connectivity index (χ0v) is 10.7. The van der Waals surface area contributed by atoms with E-state index in [-0.39, 0.29) is 5.89 Å². The fraction of sp³-hybridized carbons (Fsp3) is 0.231. The van der Waals surface area contributed by atoms with Crippen LogP contribution in [0.15, 0.2) is 35.0 Å². The summed E-state index contributed by atoms with van der Waals surface area (Å²) >= 11 is 0. The van der Waals surface area contributed by atoms with Crippen molar-refractivity contribution in [2.45, 2.75) is 18.6 Å². The highest BCUT2D eigenvalue weighted by Crippen LogP contribution is 2.28. The van der Waals surface area contributed by atoms with E-state index in [1.165, 1.54) is 0 Å². The molecule has 0 unspecified atom stereocenters. The molecule has 0 aliphatic heterocycles. The van der Waals surface area contributed by atoms with Gasteiger partial charge in [0.25, 0.3) is 5.82 Å². The lowest BCUT2D eigenvalue weighted by Gasteiger charge is -2.05. The summed E-state index contributed by atoms with van der Waals surface area (Å²) in [5.74, 6) is -1.54. The largest absolute Gasteiger partial charge is 0.455 e. The summed E-state index contributed by atoms with van der Waals surface area (Å²) in [5, 5.41) is 3.86. The van der Waals surface area contributed by atoms with Gasteiger partial charge in [0, 0.05) is 17.1 Å². The second kappa shape index (κ2) is 4.88. The van der Waals surface area contributed by atoms with Gasteiger partial charge in [-0.15, -0.1) is 0 Å². The van der Waals surface area contributed by atoms with Crippen LogP contribution in [0.3, 0.4) is 0 Å². The predicted octanol–water partition coefficient (Wildman–Crippen LogP) is 2.81. The van der Waals surface area contributed by atoms with Gasteiger partial charge in [0.2, 0.25) is 5.89 Å². The van der Waals surface area contributed by atoms with E-state index in [2.05, 4.69) is 19.6 Å². The van der Waals surface area contributed by atoms with Crippen LogP contribution >= 0.6 is 0 Å². The highest BCUT2D eigenvalue weighted by Gasteiger charge is 2.37. The average Bonchev–Trinajstić information content (AvgIpc) is 3.05. The number of hydrogen-bond acceptors (Lipinski definition) is 4. The quantitative estimate of drug-likeness (QED) is 0.778. The molecule has 0 radical (unpaired) electrons. The number of nitrogens with one attached hydrogen (secondary N) is 1. The van der Waals surface area contributed by atoms with Gasteiger partial charge in [0.05, 0.1) is 6.04 Å². The molecule has 0 bridgehead atoms. The predicted molar refractivity (Wildman–Crippen MR) is 68.2 cm³/mol. The van der Waals surface area contributed by atoms with Crippen LogP contribution in [0.1, 0.15) is 23.3 Å². The van der Waals surface area contributed by atoms with Crippen LogP contribution in [0.2, 0.25) is 0 Å². The van der Waals surface area contributed by atoms with Crippen LogP contribution in [-0.4, -0.2) is 15.1 Å². The van der Waals surface area contributed by atoms with Gasteiger partial charge in [-0.2, -0.15) is 18.2 Å². The van der Waals surface area contributed by atoms with Crippen molar-refractivity contribution in [3.63, 3.8) is 0 Å². The first-order chi connectivity index (χ1) is 9.95. The summed E-state index contributed by atoms with van der Waals surface area (Å²) in [4.78, 5) is 6.38. The highest BCUT2D eigenvalue weighted by molar-refractivity contribution is 5.83. The Hall–Kier alpha value is -2.35. The standard InChI is InChI=1S/C13H11F3N4O/c14-13(15,16)12-19-11(21-20-12)9(17)5-7-6-18-10-4-2-1-3-8(7)10/h1-4,6,9,18H,5,17H2/t9-/m0/s1. The lowest BCUT2D eigenvalue weighted by Crippen LogP contribution is -2.14. The fourth-order valence-electron chi connectivity index (χ4n) is 2.13. The number of rotatable bonds is 3. The minimum Gasteiger partial charge on any atom is -0.361 e. The Kier molecular flexibility index (Phi) is 3.17. The molecule has 3 rings (SSSR count). The van der Waals surface area contributed by atoms with Gasteiger partial charge < -0.3 is 15.2 Å². The molecule has 21 heavy (non-hydrogen) atoms. The van der Waals surface area contributed by atoms with Crippen molar-refractivity contribution in [2.24, 2.45) is 5.73 Å². The number of hydrogen-bond donors (Lipinski definition) is 2. The SMILES string of the molecule is N[C@@H](Cc1c[nH]c2ccccc12)c1nc(C(F)(F)F)no1. The van der Waals surface area contributed by atoms with Gasteiger partial charge in [-0.05, 0) is 18.1 Å². The van der Waals surface area contributed by atoms with Gasteiger partial charge in [-0.1, -0.05) is 23.4 Å². The van der Waals surface area contributed by atoms with Crippen LogP contribution in [-0.2, 0) is 12.6 Å². The van der Waals surface area contributed by atoms with E-state index in [1.54, 1.807) is 6.20 Å². The number of nitrogens with zero attached hydrogens (tertiary/aromatic N) is 2. The number of para-hydroxylation sites is 1. The maximum atomic E-state index is 12.4. The average molecular weight is 296 g/mol. The maximum absolute atomic E-state index is 12.4. The Labute approximate surface area is 116 Å². The number of benzene rings is 1. The molecule has 2 heterocycles. The van der Waals surface area contributed by atoms with E-state index in [4.69, 9.17) is 5.73 Å². The topological polar surface area (TPSA) is 80.7 Å². The number of aromatic nitrogens is 3. The lowest BCUT2D eigenvalue weighted by atomic mass is 10.1. The van der Waals surface area contributed by atoms with Gasteiger partial charge in [0.1, 0.15) is 0 Å². The molecule has 0 aliphatic carbocycles. The molecule has 3 aromatic rings. The minimum absolute atomic E-state index is 0.229. The van der Waals surface area contributed by atoms with Crippen molar-refractivity contribution in [3.05, 3.63) is 47.7 Å². The summed E-state index contributed by atoms with van der Waals surface area (Å²) in [6.45, 7) is 0. The van der Waals surface area contributed by atoms with E-state index >= 15 is 0 Å². The molecule has 1 aromatic carbocycles. The summed E-state index contributed by atoms with van der Waals surface area (Å²) in [6.07, 6.45) is -2.57. The number of halogens is 3. The third-order valence-electron chi connectivity index (χ3n) is 3.13. The Balaban J connectivity index is 1.83. The first-order valence-corrected chi connectivity index (χ1v) is 6.16. The minimum atomic E-state index is -4.64. The summed E-state index contributed by atoms with van der Waals surface area (Å²) in [7, 11) is 0. The highest BCUT2D eigenvalue weighted by atomic mass is 19.4.